The zero-order valence-electron chi connectivity index (χ0n) is 28.7. The van der Waals surface area contributed by atoms with Gasteiger partial charge < -0.3 is 0 Å². The monoisotopic (exact) mass is 570 g/mol. The van der Waals surface area contributed by atoms with Crippen molar-refractivity contribution in [3.63, 3.8) is 0 Å². The second-order valence-electron chi connectivity index (χ2n) is 13.5. The first kappa shape index (κ1) is 38.2. The number of hydrogen-bond acceptors (Lipinski definition) is 1. The van der Waals surface area contributed by atoms with Crippen molar-refractivity contribution in [2.75, 3.05) is 0 Å². The predicted octanol–water partition coefficient (Wildman–Crippen LogP) is 14.2. The van der Waals surface area contributed by atoms with Crippen LogP contribution in [0.15, 0.2) is 12.1 Å². The van der Waals surface area contributed by atoms with Crippen LogP contribution in [0.3, 0.4) is 0 Å². The van der Waals surface area contributed by atoms with Crippen molar-refractivity contribution < 1.29 is 0 Å². The van der Waals surface area contributed by atoms with Crippen molar-refractivity contribution >= 4 is 0 Å². The Morgan fingerprint density at radius 3 is 0.805 bits per heavy atom. The minimum Gasteiger partial charge on any atom is -0.258 e. The van der Waals surface area contributed by atoms with Gasteiger partial charge in [-0.05, 0) is 50.3 Å². The Bertz CT molecular complexity index is 598. The van der Waals surface area contributed by atoms with E-state index in [9.17, 15) is 0 Å². The van der Waals surface area contributed by atoms with E-state index in [4.69, 9.17) is 4.98 Å². The molecule has 41 heavy (non-hydrogen) atoms. The van der Waals surface area contributed by atoms with Crippen molar-refractivity contribution in [2.45, 2.75) is 226 Å². The number of nitrogens with zero attached hydrogens (tertiary/aromatic N) is 1. The molecular formula is C40H75N. The molecule has 0 atom stereocenters. The first-order valence-corrected chi connectivity index (χ1v) is 19.2. The molecule has 1 aromatic rings. The molecular weight excluding hydrogens is 494 g/mol. The molecule has 0 amide bonds. The van der Waals surface area contributed by atoms with E-state index in [1.165, 1.54) is 222 Å². The second-order valence-corrected chi connectivity index (χ2v) is 13.5. The van der Waals surface area contributed by atoms with Crippen LogP contribution >= 0.6 is 0 Å². The summed E-state index contributed by atoms with van der Waals surface area (Å²) in [5.74, 6) is 0. The van der Waals surface area contributed by atoms with E-state index in [-0.39, 0.29) is 0 Å². The molecule has 1 aromatic heterocycles. The number of hydrogen-bond donors (Lipinski definition) is 0. The Hall–Kier alpha value is -0.850. The van der Waals surface area contributed by atoms with Crippen LogP contribution in [0.2, 0.25) is 0 Å². The van der Waals surface area contributed by atoms with Gasteiger partial charge in [0, 0.05) is 11.4 Å². The minimum atomic E-state index is 1.17. The molecule has 0 unspecified atom stereocenters. The summed E-state index contributed by atoms with van der Waals surface area (Å²) in [5, 5.41) is 0. The lowest BCUT2D eigenvalue weighted by Crippen LogP contribution is -1.98. The minimum absolute atomic E-state index is 1.17. The van der Waals surface area contributed by atoms with Crippen molar-refractivity contribution in [1.82, 2.24) is 4.98 Å². The topological polar surface area (TPSA) is 12.9 Å². The predicted molar refractivity (Wildman–Crippen MR) is 186 cm³/mol. The summed E-state index contributed by atoms with van der Waals surface area (Å²) in [6, 6.07) is 4.67. The van der Waals surface area contributed by atoms with Gasteiger partial charge in [0.15, 0.2) is 0 Å². The molecule has 1 heterocycles. The molecule has 0 aliphatic heterocycles. The molecule has 0 spiro atoms. The molecule has 0 aliphatic rings. The van der Waals surface area contributed by atoms with Crippen LogP contribution in [0.1, 0.15) is 223 Å². The molecule has 0 radical (unpaired) electrons. The Labute approximate surface area is 259 Å². The van der Waals surface area contributed by atoms with Crippen LogP contribution in [0, 0.1) is 6.92 Å². The van der Waals surface area contributed by atoms with E-state index >= 15 is 0 Å². The van der Waals surface area contributed by atoms with Gasteiger partial charge in [0.25, 0.3) is 0 Å². The molecule has 1 nitrogen and oxygen atoms in total. The van der Waals surface area contributed by atoms with Crippen LogP contribution in [-0.2, 0) is 12.8 Å². The number of aromatic nitrogens is 1. The third kappa shape index (κ3) is 26.5. The quantitative estimate of drug-likeness (QED) is 0.0786. The normalized spacial score (nSPS) is 11.5. The van der Waals surface area contributed by atoms with Gasteiger partial charge >= 0.3 is 0 Å². The molecule has 240 valence electrons. The molecule has 0 N–H and O–H groups in total. The van der Waals surface area contributed by atoms with Gasteiger partial charge in [0.1, 0.15) is 0 Å². The fourth-order valence-electron chi connectivity index (χ4n) is 6.43. The number of rotatable bonds is 32. The van der Waals surface area contributed by atoms with Crippen LogP contribution in [0.4, 0.5) is 0 Å². The van der Waals surface area contributed by atoms with E-state index in [0.717, 1.165) is 0 Å². The molecule has 0 aromatic carbocycles. The van der Waals surface area contributed by atoms with Gasteiger partial charge in [-0.15, -0.1) is 0 Å². The van der Waals surface area contributed by atoms with Crippen LogP contribution in [-0.4, -0.2) is 4.98 Å². The summed E-state index contributed by atoms with van der Waals surface area (Å²) in [5.41, 5.74) is 4.10. The highest BCUT2D eigenvalue weighted by atomic mass is 14.7. The summed E-state index contributed by atoms with van der Waals surface area (Å²) in [6.07, 6.45) is 45.3. The smallest absolute Gasteiger partial charge is 0.0409 e. The van der Waals surface area contributed by atoms with Crippen LogP contribution in [0.25, 0.3) is 0 Å². The maximum atomic E-state index is 5.04. The summed E-state index contributed by atoms with van der Waals surface area (Å²) < 4.78 is 0. The summed E-state index contributed by atoms with van der Waals surface area (Å²) in [6.45, 7) is 6.87. The standard InChI is InChI=1S/C40H75N/c1-4-6-8-10-12-14-16-18-20-22-24-26-28-30-32-34-39-36-38(3)37-40(41-39)35-33-31-29-27-25-23-21-19-17-15-13-11-9-7-5-2/h36-37H,4-35H2,1-3H3. The van der Waals surface area contributed by atoms with Gasteiger partial charge in [-0.1, -0.05) is 194 Å². The first-order chi connectivity index (χ1) is 20.3. The molecule has 0 fully saturated rings. The molecule has 1 heteroatoms. The van der Waals surface area contributed by atoms with Crippen LogP contribution in [0.5, 0.6) is 0 Å². The Morgan fingerprint density at radius 2 is 0.561 bits per heavy atom. The van der Waals surface area contributed by atoms with Crippen molar-refractivity contribution in [1.29, 1.82) is 0 Å². The highest BCUT2D eigenvalue weighted by Gasteiger charge is 2.03. The molecule has 0 aliphatic carbocycles. The number of unbranched alkanes of at least 4 members (excludes halogenated alkanes) is 28. The Kier molecular flexibility index (Phi) is 28.5. The maximum absolute atomic E-state index is 5.04. The third-order valence-corrected chi connectivity index (χ3v) is 9.15. The van der Waals surface area contributed by atoms with E-state index in [0.29, 0.717) is 0 Å². The zero-order chi connectivity index (χ0) is 29.5. The van der Waals surface area contributed by atoms with Crippen LogP contribution < -0.4 is 0 Å². The van der Waals surface area contributed by atoms with E-state index in [1.807, 2.05) is 0 Å². The summed E-state index contributed by atoms with van der Waals surface area (Å²) >= 11 is 0. The van der Waals surface area contributed by atoms with E-state index in [1.54, 1.807) is 0 Å². The van der Waals surface area contributed by atoms with Crippen molar-refractivity contribution in [3.05, 3.63) is 29.1 Å². The lowest BCUT2D eigenvalue weighted by molar-refractivity contribution is 0.531. The fraction of sp³-hybridized carbons (Fsp3) is 0.875. The lowest BCUT2D eigenvalue weighted by Gasteiger charge is -2.08. The average Bonchev–Trinajstić information content (AvgIpc) is 2.97. The molecule has 1 rings (SSSR count). The highest BCUT2D eigenvalue weighted by Crippen LogP contribution is 2.17. The Morgan fingerprint density at radius 1 is 0.341 bits per heavy atom. The number of pyridine rings is 1. The average molecular weight is 570 g/mol. The van der Waals surface area contributed by atoms with Crippen molar-refractivity contribution in [2.24, 2.45) is 0 Å². The SMILES string of the molecule is CCCCCCCCCCCCCCCCCc1cc(C)cc(CCCCCCCCCCCCCCCCC)n1. The van der Waals surface area contributed by atoms with Gasteiger partial charge in [-0.3, -0.25) is 4.98 Å². The van der Waals surface area contributed by atoms with E-state index in [2.05, 4.69) is 32.9 Å². The molecule has 0 saturated heterocycles. The van der Waals surface area contributed by atoms with Gasteiger partial charge in [0.05, 0.1) is 0 Å². The maximum Gasteiger partial charge on any atom is 0.0409 e. The molecule has 0 saturated carbocycles. The molecule has 0 bridgehead atoms. The zero-order valence-corrected chi connectivity index (χ0v) is 28.7. The Balaban J connectivity index is 1.93. The third-order valence-electron chi connectivity index (χ3n) is 9.15. The highest BCUT2D eigenvalue weighted by molar-refractivity contribution is 5.20. The lowest BCUT2D eigenvalue weighted by atomic mass is 10.0. The van der Waals surface area contributed by atoms with Gasteiger partial charge in [-0.2, -0.15) is 0 Å². The fourth-order valence-corrected chi connectivity index (χ4v) is 6.43. The summed E-state index contributed by atoms with van der Waals surface area (Å²) in [4.78, 5) is 5.04. The largest absolute Gasteiger partial charge is 0.258 e. The van der Waals surface area contributed by atoms with Gasteiger partial charge in [-0.25, -0.2) is 0 Å². The summed E-state index contributed by atoms with van der Waals surface area (Å²) in [7, 11) is 0. The van der Waals surface area contributed by atoms with Gasteiger partial charge in [0.2, 0.25) is 0 Å². The first-order valence-electron chi connectivity index (χ1n) is 19.2. The van der Waals surface area contributed by atoms with Crippen molar-refractivity contribution in [3.8, 4) is 0 Å². The second kappa shape index (κ2) is 30.6. The van der Waals surface area contributed by atoms with E-state index < -0.39 is 0 Å². The number of aryl methyl sites for hydroxylation is 3.